The van der Waals surface area contributed by atoms with Crippen LogP contribution in [0.2, 0.25) is 0 Å². The molecule has 0 N–H and O–H groups in total. The van der Waals surface area contributed by atoms with Gasteiger partial charge in [-0.15, -0.1) is 10.2 Å². The number of fused-ring (bicyclic) bond motifs is 1. The smallest absolute Gasteiger partial charge is 0.187 e. The van der Waals surface area contributed by atoms with E-state index in [1.165, 1.54) is 5.56 Å². The highest BCUT2D eigenvalue weighted by molar-refractivity contribution is 5.75. The molecule has 27 heavy (non-hydrogen) atoms. The molecule has 0 saturated carbocycles. The maximum absolute atomic E-state index is 4.88. The van der Waals surface area contributed by atoms with Crippen molar-refractivity contribution in [1.29, 1.82) is 0 Å². The predicted octanol–water partition coefficient (Wildman–Crippen LogP) is 6.60. The molecule has 4 heteroatoms. The third kappa shape index (κ3) is 3.26. The number of imidazole rings is 1. The number of hydrogen-bond acceptors (Lipinski definition) is 3. The van der Waals surface area contributed by atoms with Crippen molar-refractivity contribution in [3.05, 3.63) is 83.6 Å². The second-order valence-electron chi connectivity index (χ2n) is 6.71. The summed E-state index contributed by atoms with van der Waals surface area (Å²) in [5, 5.41) is 9.12. The molecule has 0 saturated heterocycles. The van der Waals surface area contributed by atoms with E-state index < -0.39 is 0 Å². The third-order valence-electron chi connectivity index (χ3n) is 4.82. The van der Waals surface area contributed by atoms with Crippen molar-refractivity contribution in [1.82, 2.24) is 9.38 Å². The molecule has 0 amide bonds. The van der Waals surface area contributed by atoms with Gasteiger partial charge in [-0.05, 0) is 49.1 Å². The first-order valence-corrected chi connectivity index (χ1v) is 9.21. The van der Waals surface area contributed by atoms with Crippen molar-refractivity contribution in [2.24, 2.45) is 10.2 Å². The fraction of sp³-hybridized carbons (Fsp3) is 0.174. The predicted molar refractivity (Wildman–Crippen MR) is 110 cm³/mol. The average Bonchev–Trinajstić information content (AvgIpc) is 3.07. The average molecular weight is 354 g/mol. The van der Waals surface area contributed by atoms with Gasteiger partial charge in [-0.2, -0.15) is 0 Å². The Bertz CT molecular complexity index is 1120. The summed E-state index contributed by atoms with van der Waals surface area (Å²) in [4.78, 5) is 4.88. The fourth-order valence-electron chi connectivity index (χ4n) is 3.16. The van der Waals surface area contributed by atoms with Crippen LogP contribution in [0.5, 0.6) is 0 Å². The lowest BCUT2D eigenvalue weighted by atomic mass is 10.1. The highest BCUT2D eigenvalue weighted by Crippen LogP contribution is 2.33. The standard InChI is InChI=1S/C23H22N4/c1-4-18-11-13-19(14-12-18)21-23(26-25-20-10-6-5-8-16(20)2)27-15-7-9-17(3)22(27)24-21/h5-15H,4H2,1-3H3. The maximum atomic E-state index is 4.88. The summed E-state index contributed by atoms with van der Waals surface area (Å²) in [5.41, 5.74) is 7.19. The van der Waals surface area contributed by atoms with Crippen molar-refractivity contribution in [2.45, 2.75) is 27.2 Å². The molecule has 0 bridgehead atoms. The highest BCUT2D eigenvalue weighted by Gasteiger charge is 2.15. The van der Waals surface area contributed by atoms with E-state index in [0.29, 0.717) is 0 Å². The van der Waals surface area contributed by atoms with Gasteiger partial charge in [-0.1, -0.05) is 55.5 Å². The van der Waals surface area contributed by atoms with Gasteiger partial charge in [0, 0.05) is 11.8 Å². The molecule has 0 aliphatic carbocycles. The lowest BCUT2D eigenvalue weighted by Crippen LogP contribution is -1.85. The lowest BCUT2D eigenvalue weighted by Gasteiger charge is -2.02. The second kappa shape index (κ2) is 7.16. The molecule has 0 aliphatic rings. The maximum Gasteiger partial charge on any atom is 0.187 e. The molecule has 0 aliphatic heterocycles. The summed E-state index contributed by atoms with van der Waals surface area (Å²) in [7, 11) is 0. The molecule has 4 rings (SSSR count). The molecule has 2 aromatic carbocycles. The Kier molecular flexibility index (Phi) is 4.55. The minimum atomic E-state index is 0.751. The zero-order valence-corrected chi connectivity index (χ0v) is 15.8. The van der Waals surface area contributed by atoms with Crippen LogP contribution in [-0.4, -0.2) is 9.38 Å². The Morgan fingerprint density at radius 1 is 0.852 bits per heavy atom. The second-order valence-corrected chi connectivity index (χ2v) is 6.71. The summed E-state index contributed by atoms with van der Waals surface area (Å²) < 4.78 is 2.01. The molecule has 0 spiro atoms. The van der Waals surface area contributed by atoms with E-state index in [0.717, 1.165) is 46.0 Å². The van der Waals surface area contributed by atoms with Crippen LogP contribution in [0.4, 0.5) is 11.5 Å². The molecule has 4 nitrogen and oxygen atoms in total. The van der Waals surface area contributed by atoms with Crippen LogP contribution in [0.1, 0.15) is 23.6 Å². The number of benzene rings is 2. The first-order chi connectivity index (χ1) is 13.2. The molecular formula is C23H22N4. The van der Waals surface area contributed by atoms with Gasteiger partial charge < -0.3 is 0 Å². The molecular weight excluding hydrogens is 332 g/mol. The van der Waals surface area contributed by atoms with Gasteiger partial charge in [-0.25, -0.2) is 4.98 Å². The summed E-state index contributed by atoms with van der Waals surface area (Å²) in [6.45, 7) is 6.26. The lowest BCUT2D eigenvalue weighted by molar-refractivity contribution is 1.09. The van der Waals surface area contributed by atoms with Crippen molar-refractivity contribution in [3.8, 4) is 11.3 Å². The van der Waals surface area contributed by atoms with Crippen molar-refractivity contribution >= 4 is 17.2 Å². The minimum absolute atomic E-state index is 0.751. The minimum Gasteiger partial charge on any atom is -0.282 e. The number of aromatic nitrogens is 2. The van der Waals surface area contributed by atoms with Crippen LogP contribution in [0.25, 0.3) is 16.9 Å². The summed E-state index contributed by atoms with van der Waals surface area (Å²) in [5.74, 6) is 0.751. The highest BCUT2D eigenvalue weighted by atomic mass is 15.2. The van der Waals surface area contributed by atoms with Gasteiger partial charge in [0.25, 0.3) is 0 Å². The molecule has 0 radical (unpaired) electrons. The number of pyridine rings is 1. The SMILES string of the molecule is CCc1ccc(-c2nc3c(C)cccn3c2N=Nc2ccccc2C)cc1. The zero-order valence-electron chi connectivity index (χ0n) is 15.8. The van der Waals surface area contributed by atoms with E-state index in [4.69, 9.17) is 4.98 Å². The number of hydrogen-bond donors (Lipinski definition) is 0. The Labute approximate surface area is 159 Å². The molecule has 2 aromatic heterocycles. The normalized spacial score (nSPS) is 11.5. The van der Waals surface area contributed by atoms with Crippen LogP contribution < -0.4 is 0 Å². The van der Waals surface area contributed by atoms with Crippen molar-refractivity contribution < 1.29 is 0 Å². The third-order valence-corrected chi connectivity index (χ3v) is 4.82. The van der Waals surface area contributed by atoms with E-state index in [9.17, 15) is 0 Å². The van der Waals surface area contributed by atoms with E-state index in [1.54, 1.807) is 0 Å². The zero-order chi connectivity index (χ0) is 18.8. The number of rotatable bonds is 4. The van der Waals surface area contributed by atoms with E-state index in [-0.39, 0.29) is 0 Å². The van der Waals surface area contributed by atoms with Gasteiger partial charge >= 0.3 is 0 Å². The van der Waals surface area contributed by atoms with E-state index >= 15 is 0 Å². The molecule has 0 fully saturated rings. The van der Waals surface area contributed by atoms with Crippen LogP contribution in [0.15, 0.2) is 77.1 Å². The molecule has 4 aromatic rings. The van der Waals surface area contributed by atoms with Crippen LogP contribution >= 0.6 is 0 Å². The van der Waals surface area contributed by atoms with Gasteiger partial charge in [0.05, 0.1) is 5.69 Å². The molecule has 134 valence electrons. The number of nitrogens with zero attached hydrogens (tertiary/aromatic N) is 4. The molecule has 0 unspecified atom stereocenters. The summed E-state index contributed by atoms with van der Waals surface area (Å²) >= 11 is 0. The van der Waals surface area contributed by atoms with E-state index in [2.05, 4.69) is 54.4 Å². The van der Waals surface area contributed by atoms with Gasteiger partial charge in [0.1, 0.15) is 11.3 Å². The Balaban J connectivity index is 1.89. The first-order valence-electron chi connectivity index (χ1n) is 9.21. The number of aryl methyl sites for hydroxylation is 3. The molecule has 2 heterocycles. The monoisotopic (exact) mass is 354 g/mol. The fourth-order valence-corrected chi connectivity index (χ4v) is 3.16. The van der Waals surface area contributed by atoms with Gasteiger partial charge in [0.15, 0.2) is 5.82 Å². The Morgan fingerprint density at radius 2 is 1.59 bits per heavy atom. The molecule has 0 atom stereocenters. The van der Waals surface area contributed by atoms with Crippen LogP contribution in [0.3, 0.4) is 0 Å². The van der Waals surface area contributed by atoms with Gasteiger partial charge in [-0.3, -0.25) is 4.40 Å². The summed E-state index contributed by atoms with van der Waals surface area (Å²) in [6.07, 6.45) is 3.01. The summed E-state index contributed by atoms with van der Waals surface area (Å²) in [6, 6.07) is 20.6. The Hall–Kier alpha value is -3.27. The largest absolute Gasteiger partial charge is 0.282 e. The topological polar surface area (TPSA) is 42.0 Å². The van der Waals surface area contributed by atoms with E-state index in [1.807, 2.05) is 47.9 Å². The van der Waals surface area contributed by atoms with Gasteiger partial charge in [0.2, 0.25) is 0 Å². The van der Waals surface area contributed by atoms with Crippen LogP contribution in [0, 0.1) is 13.8 Å². The Morgan fingerprint density at radius 3 is 2.33 bits per heavy atom. The first kappa shape index (κ1) is 17.2. The van der Waals surface area contributed by atoms with Crippen LogP contribution in [-0.2, 0) is 6.42 Å². The number of azo groups is 1. The van der Waals surface area contributed by atoms with Crippen molar-refractivity contribution in [2.75, 3.05) is 0 Å². The van der Waals surface area contributed by atoms with Crippen molar-refractivity contribution in [3.63, 3.8) is 0 Å². The quantitative estimate of drug-likeness (QED) is 0.381.